The molecule has 1 aromatic rings. The van der Waals surface area contributed by atoms with Gasteiger partial charge in [-0.1, -0.05) is 0 Å². The van der Waals surface area contributed by atoms with Gasteiger partial charge in [-0.15, -0.1) is 0 Å². The Morgan fingerprint density at radius 3 is 2.95 bits per heavy atom. The van der Waals surface area contributed by atoms with E-state index in [2.05, 4.69) is 10.1 Å². The Balaban J connectivity index is 1.96. The fraction of sp³-hybridized carbons (Fsp3) is 0.385. The molecule has 3 rings (SSSR count). The molecule has 20 heavy (non-hydrogen) atoms. The van der Waals surface area contributed by atoms with Crippen molar-refractivity contribution in [3.8, 4) is 11.5 Å². The van der Waals surface area contributed by atoms with Crippen molar-refractivity contribution in [1.29, 1.82) is 0 Å². The summed E-state index contributed by atoms with van der Waals surface area (Å²) in [6.45, 7) is 2.66. The molecule has 2 heterocycles. The van der Waals surface area contributed by atoms with Crippen LogP contribution >= 0.6 is 0 Å². The molecule has 0 saturated carbocycles. The minimum absolute atomic E-state index is 0.0653. The standard InChI is InChI=1S/C13H13N3O4/c1-2-18-13(17)12(16-14)11-8-4-10-9(19-6-20-10)3-7(8)5-15-11/h3-4,11,15H,2,5-6H2,1H3. The lowest BCUT2D eigenvalue weighted by atomic mass is 10.0. The van der Waals surface area contributed by atoms with E-state index in [9.17, 15) is 4.79 Å². The van der Waals surface area contributed by atoms with Gasteiger partial charge >= 0.3 is 11.7 Å². The Kier molecular flexibility index (Phi) is 3.14. The third-order valence-electron chi connectivity index (χ3n) is 3.31. The summed E-state index contributed by atoms with van der Waals surface area (Å²) in [5, 5.41) is 3.11. The maximum Gasteiger partial charge on any atom is 0.419 e. The predicted molar refractivity (Wildman–Crippen MR) is 67.4 cm³/mol. The van der Waals surface area contributed by atoms with Crippen molar-refractivity contribution in [3.05, 3.63) is 28.8 Å². The summed E-state index contributed by atoms with van der Waals surface area (Å²) >= 11 is 0. The van der Waals surface area contributed by atoms with Gasteiger partial charge < -0.3 is 19.7 Å². The maximum atomic E-state index is 11.8. The van der Waals surface area contributed by atoms with E-state index in [1.165, 1.54) is 0 Å². The lowest BCUT2D eigenvalue weighted by Crippen LogP contribution is -2.31. The number of esters is 1. The molecule has 1 unspecified atom stereocenters. The van der Waals surface area contributed by atoms with Crippen LogP contribution in [0, 0.1) is 0 Å². The quantitative estimate of drug-likeness (QED) is 0.381. The first-order chi connectivity index (χ1) is 9.74. The van der Waals surface area contributed by atoms with Crippen LogP contribution in [0.2, 0.25) is 0 Å². The Hall–Kier alpha value is -2.37. The maximum absolute atomic E-state index is 11.8. The normalized spacial score (nSPS) is 18.4. The molecule has 104 valence electrons. The molecule has 0 saturated heterocycles. The van der Waals surface area contributed by atoms with Gasteiger partial charge in [0.1, 0.15) is 6.04 Å². The second-order valence-electron chi connectivity index (χ2n) is 4.42. The molecule has 0 fully saturated rings. The number of ether oxygens (including phenoxy) is 3. The SMILES string of the molecule is CCOC(=O)C(=[N+]=[N-])C1NCc2cc3c(cc21)OCO3. The number of hydrogen-bond acceptors (Lipinski definition) is 5. The zero-order valence-corrected chi connectivity index (χ0v) is 10.9. The molecule has 0 radical (unpaired) electrons. The minimum Gasteiger partial charge on any atom is -0.457 e. The first-order valence-corrected chi connectivity index (χ1v) is 6.29. The molecule has 2 aliphatic rings. The van der Waals surface area contributed by atoms with Gasteiger partial charge in [-0.2, -0.15) is 4.79 Å². The molecule has 0 spiro atoms. The minimum atomic E-state index is -0.641. The summed E-state index contributed by atoms with van der Waals surface area (Å²) in [5.74, 6) is 0.668. The summed E-state index contributed by atoms with van der Waals surface area (Å²) in [6.07, 6.45) is 0. The van der Waals surface area contributed by atoms with Crippen molar-refractivity contribution in [1.82, 2.24) is 5.32 Å². The van der Waals surface area contributed by atoms with Gasteiger partial charge in [0, 0.05) is 6.54 Å². The van der Waals surface area contributed by atoms with Crippen LogP contribution in [0.1, 0.15) is 24.1 Å². The highest BCUT2D eigenvalue weighted by Crippen LogP contribution is 2.39. The molecule has 7 nitrogen and oxygen atoms in total. The molecule has 1 aromatic carbocycles. The molecule has 0 aliphatic carbocycles. The van der Waals surface area contributed by atoms with Crippen molar-refractivity contribution in [2.75, 3.05) is 13.4 Å². The van der Waals surface area contributed by atoms with Crippen LogP contribution in [-0.4, -0.2) is 29.9 Å². The van der Waals surface area contributed by atoms with Crippen molar-refractivity contribution < 1.29 is 23.8 Å². The van der Waals surface area contributed by atoms with E-state index >= 15 is 0 Å². The van der Waals surface area contributed by atoms with Crippen LogP contribution < -0.4 is 14.8 Å². The summed E-state index contributed by atoms with van der Waals surface area (Å²) in [4.78, 5) is 14.9. The van der Waals surface area contributed by atoms with Crippen molar-refractivity contribution in [2.45, 2.75) is 19.5 Å². The third kappa shape index (κ3) is 1.93. The van der Waals surface area contributed by atoms with Crippen LogP contribution in [-0.2, 0) is 16.1 Å². The van der Waals surface area contributed by atoms with E-state index in [0.29, 0.717) is 18.0 Å². The van der Waals surface area contributed by atoms with Gasteiger partial charge in [0.2, 0.25) is 6.79 Å². The van der Waals surface area contributed by atoms with E-state index < -0.39 is 12.0 Å². The number of fused-ring (bicyclic) bond motifs is 2. The molecule has 7 heteroatoms. The summed E-state index contributed by atoms with van der Waals surface area (Å²) in [6, 6.07) is 3.15. The highest BCUT2D eigenvalue weighted by molar-refractivity contribution is 6.36. The van der Waals surface area contributed by atoms with Crippen LogP contribution in [0.25, 0.3) is 5.53 Å². The van der Waals surface area contributed by atoms with Crippen LogP contribution in [0.5, 0.6) is 11.5 Å². The number of carbonyl (C=O) groups is 1. The molecule has 0 bridgehead atoms. The van der Waals surface area contributed by atoms with Gasteiger partial charge in [0.25, 0.3) is 0 Å². The van der Waals surface area contributed by atoms with Crippen molar-refractivity contribution >= 4 is 11.7 Å². The molecular formula is C13H13N3O4. The average molecular weight is 275 g/mol. The van der Waals surface area contributed by atoms with Crippen LogP contribution in [0.4, 0.5) is 0 Å². The average Bonchev–Trinajstić information content (AvgIpc) is 3.04. The Bertz CT molecular complexity index is 622. The van der Waals surface area contributed by atoms with E-state index in [1.807, 2.05) is 6.07 Å². The summed E-state index contributed by atoms with van der Waals surface area (Å²) in [7, 11) is 0. The summed E-state index contributed by atoms with van der Waals surface area (Å²) < 4.78 is 15.5. The van der Waals surface area contributed by atoms with Gasteiger partial charge in [0.15, 0.2) is 11.5 Å². The monoisotopic (exact) mass is 275 g/mol. The zero-order valence-electron chi connectivity index (χ0n) is 10.9. The summed E-state index contributed by atoms with van der Waals surface area (Å²) in [5.41, 5.74) is 10.8. The highest BCUT2D eigenvalue weighted by Gasteiger charge is 2.39. The molecule has 1 N–H and O–H groups in total. The fourth-order valence-corrected chi connectivity index (χ4v) is 2.41. The first-order valence-electron chi connectivity index (χ1n) is 6.29. The zero-order chi connectivity index (χ0) is 14.1. The molecular weight excluding hydrogens is 262 g/mol. The first kappa shape index (κ1) is 12.7. The Morgan fingerprint density at radius 1 is 1.50 bits per heavy atom. The number of hydrogen-bond donors (Lipinski definition) is 1. The number of nitrogens with zero attached hydrogens (tertiary/aromatic N) is 2. The lowest BCUT2D eigenvalue weighted by Gasteiger charge is -2.07. The largest absolute Gasteiger partial charge is 0.457 e. The van der Waals surface area contributed by atoms with Crippen LogP contribution in [0.15, 0.2) is 12.1 Å². The predicted octanol–water partition coefficient (Wildman–Crippen LogP) is 0.793. The highest BCUT2D eigenvalue weighted by atomic mass is 16.7. The Morgan fingerprint density at radius 2 is 2.25 bits per heavy atom. The van der Waals surface area contributed by atoms with E-state index in [4.69, 9.17) is 19.7 Å². The smallest absolute Gasteiger partial charge is 0.419 e. The number of benzene rings is 1. The van der Waals surface area contributed by atoms with Crippen molar-refractivity contribution in [3.63, 3.8) is 0 Å². The van der Waals surface area contributed by atoms with Gasteiger partial charge in [-0.05, 0) is 30.2 Å². The topological polar surface area (TPSA) is 93.2 Å². The number of nitrogens with one attached hydrogen (secondary N) is 1. The molecule has 2 aliphatic heterocycles. The number of carbonyl (C=O) groups excluding carboxylic acids is 1. The van der Waals surface area contributed by atoms with Gasteiger partial charge in [0.05, 0.1) is 6.61 Å². The van der Waals surface area contributed by atoms with Gasteiger partial charge in [-0.25, -0.2) is 4.79 Å². The van der Waals surface area contributed by atoms with Crippen molar-refractivity contribution in [2.24, 2.45) is 0 Å². The van der Waals surface area contributed by atoms with E-state index in [0.717, 1.165) is 11.1 Å². The lowest BCUT2D eigenvalue weighted by molar-refractivity contribution is -0.140. The third-order valence-corrected chi connectivity index (χ3v) is 3.31. The molecule has 1 atom stereocenters. The second kappa shape index (κ2) is 4.96. The second-order valence-corrected chi connectivity index (χ2v) is 4.42. The fourth-order valence-electron chi connectivity index (χ4n) is 2.41. The van der Waals surface area contributed by atoms with E-state index in [1.54, 1.807) is 13.0 Å². The number of rotatable bonds is 3. The molecule has 0 aromatic heterocycles. The molecule has 0 amide bonds. The van der Waals surface area contributed by atoms with Gasteiger partial charge in [-0.3, -0.25) is 5.32 Å². The van der Waals surface area contributed by atoms with Crippen LogP contribution in [0.3, 0.4) is 0 Å². The van der Waals surface area contributed by atoms with E-state index in [-0.39, 0.29) is 19.1 Å². The Labute approximate surface area is 115 Å².